The average Bonchev–Trinajstić information content (AvgIpc) is 3.00. The summed E-state index contributed by atoms with van der Waals surface area (Å²) in [6, 6.07) is 0. The molecule has 0 aromatic carbocycles. The molecule has 6 atom stereocenters. The van der Waals surface area contributed by atoms with Gasteiger partial charge in [-0.3, -0.25) is 4.79 Å². The third-order valence-electron chi connectivity index (χ3n) is 5.72. The highest BCUT2D eigenvalue weighted by Crippen LogP contribution is 2.62. The summed E-state index contributed by atoms with van der Waals surface area (Å²) in [6.07, 6.45) is 0.983. The van der Waals surface area contributed by atoms with Gasteiger partial charge in [-0.1, -0.05) is 12.2 Å². The van der Waals surface area contributed by atoms with E-state index < -0.39 is 5.60 Å². The van der Waals surface area contributed by atoms with Crippen LogP contribution in [0, 0.1) is 11.8 Å². The van der Waals surface area contributed by atoms with E-state index in [2.05, 4.69) is 13.5 Å². The van der Waals surface area contributed by atoms with Crippen molar-refractivity contribution in [1.82, 2.24) is 0 Å². The van der Waals surface area contributed by atoms with Crippen LogP contribution in [-0.2, 0) is 23.8 Å². The van der Waals surface area contributed by atoms with Crippen molar-refractivity contribution in [1.29, 1.82) is 0 Å². The molecular weight excluding hydrogens is 284 g/mol. The van der Waals surface area contributed by atoms with Gasteiger partial charge in [-0.25, -0.2) is 4.79 Å². The Hall–Kier alpha value is -1.62. The summed E-state index contributed by atoms with van der Waals surface area (Å²) in [5, 5.41) is 0. The van der Waals surface area contributed by atoms with E-state index in [0.717, 1.165) is 18.4 Å². The topological polar surface area (TPSA) is 65.1 Å². The highest BCUT2D eigenvalue weighted by Gasteiger charge is 2.74. The van der Waals surface area contributed by atoms with Crippen LogP contribution in [0.1, 0.15) is 33.6 Å². The lowest BCUT2D eigenvalue weighted by Gasteiger charge is -2.28. The Morgan fingerprint density at radius 3 is 2.86 bits per heavy atom. The Labute approximate surface area is 129 Å². The van der Waals surface area contributed by atoms with E-state index in [4.69, 9.17) is 14.2 Å². The van der Waals surface area contributed by atoms with Gasteiger partial charge in [0.05, 0.1) is 5.92 Å². The first-order valence-corrected chi connectivity index (χ1v) is 7.79. The number of esters is 2. The molecule has 0 aromatic heterocycles. The predicted octanol–water partition coefficient (Wildman–Crippen LogP) is 1.91. The standard InChI is InChI=1S/C17H20O5/c1-7-5-6-10-8(2)16(19)21-13(10)12-11(7)14(20-9(3)18)15-17(12,4)22-15/h10,12-15H,2,5-6H2,1,3-4H3/t10-,12-,13-,14?,15+,17-/m0/s1. The van der Waals surface area contributed by atoms with Crippen LogP contribution in [0.4, 0.5) is 0 Å². The summed E-state index contributed by atoms with van der Waals surface area (Å²) in [5.74, 6) is -0.622. The first-order valence-electron chi connectivity index (χ1n) is 7.79. The van der Waals surface area contributed by atoms with Crippen molar-refractivity contribution >= 4 is 11.9 Å². The lowest BCUT2D eigenvalue weighted by Crippen LogP contribution is -2.35. The van der Waals surface area contributed by atoms with Crippen LogP contribution in [0.2, 0.25) is 0 Å². The molecule has 22 heavy (non-hydrogen) atoms. The number of carbonyl (C=O) groups is 2. The zero-order valence-corrected chi connectivity index (χ0v) is 13.0. The number of rotatable bonds is 1. The molecule has 2 aliphatic heterocycles. The maximum absolute atomic E-state index is 11.9. The van der Waals surface area contributed by atoms with Gasteiger partial charge in [0.1, 0.15) is 17.8 Å². The molecule has 5 heteroatoms. The van der Waals surface area contributed by atoms with Crippen molar-refractivity contribution in [2.75, 3.05) is 0 Å². The quantitative estimate of drug-likeness (QED) is 0.320. The summed E-state index contributed by atoms with van der Waals surface area (Å²) in [6.45, 7) is 9.43. The van der Waals surface area contributed by atoms with Gasteiger partial charge in [-0.2, -0.15) is 0 Å². The molecule has 5 nitrogen and oxygen atoms in total. The van der Waals surface area contributed by atoms with E-state index in [-0.39, 0.29) is 42.1 Å². The molecule has 4 rings (SSSR count). The van der Waals surface area contributed by atoms with Crippen LogP contribution in [-0.4, -0.2) is 35.9 Å². The van der Waals surface area contributed by atoms with E-state index in [1.807, 2.05) is 6.92 Å². The average molecular weight is 304 g/mol. The molecule has 0 spiro atoms. The SMILES string of the molecule is C=C1C(=O)O[C@H]2[C@H]1CCC(C)=C1C(OC(C)=O)[C@H]3O[C@@]3(C)[C@@H]12. The monoisotopic (exact) mass is 304 g/mol. The second kappa shape index (κ2) is 4.22. The summed E-state index contributed by atoms with van der Waals surface area (Å²) < 4.78 is 17.1. The number of fused-ring (bicyclic) bond motifs is 5. The smallest absolute Gasteiger partial charge is 0.334 e. The van der Waals surface area contributed by atoms with E-state index in [0.29, 0.717) is 5.57 Å². The van der Waals surface area contributed by atoms with Crippen molar-refractivity contribution in [2.45, 2.75) is 57.5 Å². The maximum Gasteiger partial charge on any atom is 0.334 e. The molecule has 1 saturated carbocycles. The van der Waals surface area contributed by atoms with E-state index in [1.54, 1.807) is 0 Å². The minimum Gasteiger partial charge on any atom is -0.458 e. The fourth-order valence-electron chi connectivity index (χ4n) is 4.60. The van der Waals surface area contributed by atoms with Crippen LogP contribution >= 0.6 is 0 Å². The number of hydrogen-bond acceptors (Lipinski definition) is 5. The van der Waals surface area contributed by atoms with Gasteiger partial charge in [0, 0.05) is 18.4 Å². The Morgan fingerprint density at radius 2 is 2.18 bits per heavy atom. The summed E-state index contributed by atoms with van der Waals surface area (Å²) in [5.41, 5.74) is 2.49. The van der Waals surface area contributed by atoms with Gasteiger partial charge >= 0.3 is 11.9 Å². The molecule has 0 amide bonds. The first-order chi connectivity index (χ1) is 10.3. The Bertz CT molecular complexity index is 633. The summed E-state index contributed by atoms with van der Waals surface area (Å²) in [4.78, 5) is 23.4. The molecule has 3 fully saturated rings. The van der Waals surface area contributed by atoms with Crippen molar-refractivity contribution in [3.63, 3.8) is 0 Å². The molecule has 0 N–H and O–H groups in total. The number of carbonyl (C=O) groups excluding carboxylic acids is 2. The fraction of sp³-hybridized carbons (Fsp3) is 0.647. The van der Waals surface area contributed by atoms with Crippen LogP contribution in [0.15, 0.2) is 23.3 Å². The van der Waals surface area contributed by atoms with Gasteiger partial charge in [-0.15, -0.1) is 0 Å². The van der Waals surface area contributed by atoms with Crippen LogP contribution in [0.5, 0.6) is 0 Å². The first kappa shape index (κ1) is 14.0. The van der Waals surface area contributed by atoms with Crippen LogP contribution in [0.25, 0.3) is 0 Å². The molecule has 1 unspecified atom stereocenters. The number of epoxide rings is 1. The molecule has 4 aliphatic rings. The fourth-order valence-corrected chi connectivity index (χ4v) is 4.60. The lowest BCUT2D eigenvalue weighted by molar-refractivity contribution is -0.147. The minimum atomic E-state index is -0.408. The van der Waals surface area contributed by atoms with Gasteiger partial charge in [0.15, 0.2) is 6.10 Å². The van der Waals surface area contributed by atoms with Gasteiger partial charge in [0.2, 0.25) is 0 Å². The molecule has 2 saturated heterocycles. The molecule has 0 radical (unpaired) electrons. The summed E-state index contributed by atoms with van der Waals surface area (Å²) >= 11 is 0. The van der Waals surface area contributed by atoms with E-state index in [1.165, 1.54) is 12.5 Å². The Balaban J connectivity index is 1.78. The third-order valence-corrected chi connectivity index (χ3v) is 5.72. The largest absolute Gasteiger partial charge is 0.458 e. The van der Waals surface area contributed by atoms with Gasteiger partial charge in [-0.05, 0) is 32.3 Å². The van der Waals surface area contributed by atoms with Crippen molar-refractivity contribution in [2.24, 2.45) is 11.8 Å². The molecule has 2 heterocycles. The second-order valence-corrected chi connectivity index (χ2v) is 7.01. The molecule has 2 aliphatic carbocycles. The van der Waals surface area contributed by atoms with E-state index in [9.17, 15) is 9.59 Å². The Morgan fingerprint density at radius 1 is 1.45 bits per heavy atom. The van der Waals surface area contributed by atoms with Crippen molar-refractivity contribution in [3.8, 4) is 0 Å². The van der Waals surface area contributed by atoms with Crippen molar-refractivity contribution < 1.29 is 23.8 Å². The highest BCUT2D eigenvalue weighted by atomic mass is 16.7. The normalized spacial score (nSPS) is 45.7. The molecule has 0 bridgehead atoms. The van der Waals surface area contributed by atoms with E-state index >= 15 is 0 Å². The maximum atomic E-state index is 11.9. The molecule has 118 valence electrons. The number of hydrogen-bond donors (Lipinski definition) is 0. The van der Waals surface area contributed by atoms with Crippen LogP contribution in [0.3, 0.4) is 0 Å². The van der Waals surface area contributed by atoms with Gasteiger partial charge < -0.3 is 14.2 Å². The lowest BCUT2D eigenvalue weighted by atomic mass is 9.81. The van der Waals surface area contributed by atoms with Gasteiger partial charge in [0.25, 0.3) is 0 Å². The highest BCUT2D eigenvalue weighted by molar-refractivity contribution is 5.91. The predicted molar refractivity (Wildman–Crippen MR) is 76.8 cm³/mol. The second-order valence-electron chi connectivity index (χ2n) is 7.01. The zero-order chi connectivity index (χ0) is 15.8. The number of allylic oxidation sites excluding steroid dienone is 1. The Kier molecular flexibility index (Phi) is 2.69. The third kappa shape index (κ3) is 1.63. The molecular formula is C17H20O5. The zero-order valence-electron chi connectivity index (χ0n) is 13.0. The van der Waals surface area contributed by atoms with Crippen molar-refractivity contribution in [3.05, 3.63) is 23.3 Å². The minimum absolute atomic E-state index is 0.0303. The molecule has 0 aromatic rings. The number of ether oxygens (including phenoxy) is 3. The van der Waals surface area contributed by atoms with Crippen LogP contribution < -0.4 is 0 Å². The summed E-state index contributed by atoms with van der Waals surface area (Å²) in [7, 11) is 0.